The van der Waals surface area contributed by atoms with Crippen molar-refractivity contribution in [1.29, 1.82) is 0 Å². The minimum atomic E-state index is -1.17. The molecule has 0 spiro atoms. The van der Waals surface area contributed by atoms with Crippen molar-refractivity contribution in [3.05, 3.63) is 17.7 Å². The maximum atomic E-state index is 12.1. The van der Waals surface area contributed by atoms with E-state index in [0.29, 0.717) is 6.04 Å². The Labute approximate surface area is 110 Å². The van der Waals surface area contributed by atoms with Gasteiger partial charge in [-0.25, -0.2) is 9.78 Å². The number of carbonyl (C=O) groups is 2. The normalized spacial score (nSPS) is 26.3. The molecule has 3 N–H and O–H groups in total. The van der Waals surface area contributed by atoms with Crippen molar-refractivity contribution in [2.24, 2.45) is 0 Å². The van der Waals surface area contributed by atoms with Crippen LogP contribution in [0, 0.1) is 0 Å². The third kappa shape index (κ3) is 2.10. The van der Waals surface area contributed by atoms with E-state index in [1.165, 1.54) is 12.7 Å². The van der Waals surface area contributed by atoms with Crippen molar-refractivity contribution < 1.29 is 14.7 Å². The number of aromatic nitrogens is 2. The first-order valence-electron chi connectivity index (χ1n) is 6.48. The van der Waals surface area contributed by atoms with Gasteiger partial charge in [-0.15, -0.1) is 0 Å². The van der Waals surface area contributed by atoms with E-state index >= 15 is 0 Å². The molecular weight excluding hydrogens is 248 g/mol. The molecular formula is C12H16N4O3. The van der Waals surface area contributed by atoms with Crippen LogP contribution >= 0.6 is 0 Å². The SMILES string of the molecule is O=C(NC1CCN2CCCC12)c1nc[nH]c1C(=O)O. The van der Waals surface area contributed by atoms with Crippen molar-refractivity contribution in [1.82, 2.24) is 20.2 Å². The number of H-pyrrole nitrogens is 1. The van der Waals surface area contributed by atoms with Crippen LogP contribution in [0.5, 0.6) is 0 Å². The Morgan fingerprint density at radius 3 is 3.05 bits per heavy atom. The van der Waals surface area contributed by atoms with Crippen LogP contribution in [0.25, 0.3) is 0 Å². The highest BCUT2D eigenvalue weighted by molar-refractivity contribution is 6.02. The summed E-state index contributed by atoms with van der Waals surface area (Å²) in [6.45, 7) is 2.10. The zero-order valence-corrected chi connectivity index (χ0v) is 10.4. The fourth-order valence-electron chi connectivity index (χ4n) is 3.12. The average molecular weight is 264 g/mol. The Morgan fingerprint density at radius 2 is 2.26 bits per heavy atom. The Balaban J connectivity index is 1.71. The minimum absolute atomic E-state index is 0.0380. The van der Waals surface area contributed by atoms with E-state index in [1.54, 1.807) is 0 Å². The summed E-state index contributed by atoms with van der Waals surface area (Å²) < 4.78 is 0. The number of rotatable bonds is 3. The largest absolute Gasteiger partial charge is 0.477 e. The second-order valence-electron chi connectivity index (χ2n) is 5.05. The van der Waals surface area contributed by atoms with Gasteiger partial charge in [0.25, 0.3) is 5.91 Å². The smallest absolute Gasteiger partial charge is 0.354 e. The molecule has 1 amide bonds. The number of hydrogen-bond donors (Lipinski definition) is 3. The van der Waals surface area contributed by atoms with Crippen LogP contribution in [0.4, 0.5) is 0 Å². The van der Waals surface area contributed by atoms with Crippen LogP contribution in [-0.4, -0.2) is 57.0 Å². The highest BCUT2D eigenvalue weighted by Crippen LogP contribution is 2.28. The summed E-state index contributed by atoms with van der Waals surface area (Å²) in [4.78, 5) is 31.7. The van der Waals surface area contributed by atoms with Crippen LogP contribution in [0.1, 0.15) is 40.2 Å². The van der Waals surface area contributed by atoms with E-state index in [1.807, 2.05) is 0 Å². The molecule has 0 bridgehead atoms. The lowest BCUT2D eigenvalue weighted by Gasteiger charge is -2.20. The number of imidazole rings is 1. The summed E-state index contributed by atoms with van der Waals surface area (Å²) in [7, 11) is 0. The number of amides is 1. The van der Waals surface area contributed by atoms with E-state index in [4.69, 9.17) is 5.11 Å². The van der Waals surface area contributed by atoms with E-state index in [9.17, 15) is 9.59 Å². The first-order valence-corrected chi connectivity index (χ1v) is 6.48. The molecule has 0 radical (unpaired) electrons. The van der Waals surface area contributed by atoms with Gasteiger partial charge in [0.15, 0.2) is 11.4 Å². The quantitative estimate of drug-likeness (QED) is 0.718. The van der Waals surface area contributed by atoms with Gasteiger partial charge in [-0.3, -0.25) is 9.69 Å². The second kappa shape index (κ2) is 4.65. The van der Waals surface area contributed by atoms with Crippen molar-refractivity contribution in [2.45, 2.75) is 31.3 Å². The molecule has 2 atom stereocenters. The number of carbonyl (C=O) groups excluding carboxylic acids is 1. The Kier molecular flexibility index (Phi) is 2.98. The maximum Gasteiger partial charge on any atom is 0.354 e. The van der Waals surface area contributed by atoms with Gasteiger partial charge in [0.2, 0.25) is 0 Å². The molecule has 3 heterocycles. The van der Waals surface area contributed by atoms with Gasteiger partial charge in [-0.2, -0.15) is 0 Å². The van der Waals surface area contributed by atoms with Crippen molar-refractivity contribution >= 4 is 11.9 Å². The van der Waals surface area contributed by atoms with Crippen molar-refractivity contribution in [2.75, 3.05) is 13.1 Å². The topological polar surface area (TPSA) is 98.3 Å². The monoisotopic (exact) mass is 264 g/mol. The molecule has 2 fully saturated rings. The molecule has 102 valence electrons. The molecule has 7 nitrogen and oxygen atoms in total. The van der Waals surface area contributed by atoms with Crippen LogP contribution in [0.15, 0.2) is 6.33 Å². The number of aromatic amines is 1. The summed E-state index contributed by atoms with van der Waals surface area (Å²) in [6, 6.07) is 0.504. The third-order valence-electron chi connectivity index (χ3n) is 3.99. The lowest BCUT2D eigenvalue weighted by Crippen LogP contribution is -2.42. The molecule has 1 aromatic rings. The Hall–Kier alpha value is -1.89. The molecule has 1 aromatic heterocycles. The molecule has 0 saturated carbocycles. The third-order valence-corrected chi connectivity index (χ3v) is 3.99. The van der Waals surface area contributed by atoms with Crippen LogP contribution < -0.4 is 5.32 Å². The lowest BCUT2D eigenvalue weighted by atomic mass is 10.1. The fraction of sp³-hybridized carbons (Fsp3) is 0.583. The van der Waals surface area contributed by atoms with Gasteiger partial charge in [0, 0.05) is 18.6 Å². The molecule has 2 aliphatic heterocycles. The van der Waals surface area contributed by atoms with Gasteiger partial charge < -0.3 is 15.4 Å². The number of carboxylic acid groups (broad SMARTS) is 1. The Bertz CT molecular complexity index is 513. The van der Waals surface area contributed by atoms with Gasteiger partial charge in [-0.05, 0) is 25.8 Å². The molecule has 0 aliphatic carbocycles. The molecule has 7 heteroatoms. The molecule has 0 aromatic carbocycles. The van der Waals surface area contributed by atoms with E-state index < -0.39 is 11.9 Å². The summed E-state index contributed by atoms with van der Waals surface area (Å²) in [5.74, 6) is -1.58. The summed E-state index contributed by atoms with van der Waals surface area (Å²) in [6.07, 6.45) is 4.41. The Morgan fingerprint density at radius 1 is 1.42 bits per heavy atom. The number of fused-ring (bicyclic) bond motifs is 1. The van der Waals surface area contributed by atoms with Gasteiger partial charge >= 0.3 is 5.97 Å². The van der Waals surface area contributed by atoms with Crippen LogP contribution in [0.2, 0.25) is 0 Å². The van der Waals surface area contributed by atoms with E-state index in [0.717, 1.165) is 25.9 Å². The summed E-state index contributed by atoms with van der Waals surface area (Å²) in [5, 5.41) is 11.9. The van der Waals surface area contributed by atoms with Crippen LogP contribution in [0.3, 0.4) is 0 Å². The van der Waals surface area contributed by atoms with Gasteiger partial charge in [0.1, 0.15) is 0 Å². The zero-order valence-electron chi connectivity index (χ0n) is 10.4. The second-order valence-corrected chi connectivity index (χ2v) is 5.05. The minimum Gasteiger partial charge on any atom is -0.477 e. The predicted octanol–water partition coefficient (Wildman–Crippen LogP) is 0.0744. The molecule has 19 heavy (non-hydrogen) atoms. The molecule has 2 unspecified atom stereocenters. The number of carboxylic acids is 1. The van der Waals surface area contributed by atoms with E-state index in [-0.39, 0.29) is 17.4 Å². The first-order chi connectivity index (χ1) is 9.16. The standard InChI is InChI=1S/C12H16N4O3/c17-11(9-10(12(18)19)14-6-13-9)15-7-3-5-16-4-1-2-8(7)16/h6-8H,1-5H2,(H,13,14)(H,15,17)(H,18,19). The summed E-state index contributed by atoms with van der Waals surface area (Å²) in [5.41, 5.74) is -0.192. The van der Waals surface area contributed by atoms with Gasteiger partial charge in [0.05, 0.1) is 6.33 Å². The molecule has 2 saturated heterocycles. The van der Waals surface area contributed by atoms with Crippen molar-refractivity contribution in [3.63, 3.8) is 0 Å². The first kappa shape index (κ1) is 12.2. The van der Waals surface area contributed by atoms with E-state index in [2.05, 4.69) is 20.2 Å². The lowest BCUT2D eigenvalue weighted by molar-refractivity contribution is 0.0684. The highest BCUT2D eigenvalue weighted by atomic mass is 16.4. The highest BCUT2D eigenvalue weighted by Gasteiger charge is 2.38. The van der Waals surface area contributed by atoms with Crippen molar-refractivity contribution in [3.8, 4) is 0 Å². The fourth-order valence-corrected chi connectivity index (χ4v) is 3.12. The molecule has 3 rings (SSSR count). The molecule has 2 aliphatic rings. The predicted molar refractivity (Wildman–Crippen MR) is 66.0 cm³/mol. The average Bonchev–Trinajstić information content (AvgIpc) is 3.04. The number of aromatic carboxylic acids is 1. The van der Waals surface area contributed by atoms with Gasteiger partial charge in [-0.1, -0.05) is 0 Å². The maximum absolute atomic E-state index is 12.1. The zero-order chi connectivity index (χ0) is 13.4. The number of hydrogen-bond acceptors (Lipinski definition) is 4. The summed E-state index contributed by atoms with van der Waals surface area (Å²) >= 11 is 0. The van der Waals surface area contributed by atoms with Crippen LogP contribution in [-0.2, 0) is 0 Å². The number of nitrogens with zero attached hydrogens (tertiary/aromatic N) is 2. The number of nitrogens with one attached hydrogen (secondary N) is 2.